The van der Waals surface area contributed by atoms with Crippen molar-refractivity contribution in [3.8, 4) is 5.75 Å². The van der Waals surface area contributed by atoms with Gasteiger partial charge in [-0.25, -0.2) is 4.79 Å². The number of carbonyl (C=O) groups excluding carboxylic acids is 1. The molecule has 0 aliphatic carbocycles. The van der Waals surface area contributed by atoms with Crippen LogP contribution in [0.2, 0.25) is 0 Å². The Hall–Kier alpha value is -1.27. The van der Waals surface area contributed by atoms with E-state index < -0.39 is 6.10 Å². The van der Waals surface area contributed by atoms with Gasteiger partial charge < -0.3 is 20.1 Å². The molecule has 0 bridgehead atoms. The second kappa shape index (κ2) is 7.35. The minimum Gasteiger partial charge on any atom is -0.496 e. The molecule has 1 atom stereocenters. The lowest BCUT2D eigenvalue weighted by Crippen LogP contribution is -2.33. The van der Waals surface area contributed by atoms with E-state index in [0.717, 1.165) is 4.47 Å². The molecule has 0 aromatic heterocycles. The van der Waals surface area contributed by atoms with Crippen LogP contribution in [0.4, 0.5) is 10.5 Å². The van der Waals surface area contributed by atoms with E-state index in [1.165, 1.54) is 4.90 Å². The van der Waals surface area contributed by atoms with Gasteiger partial charge >= 0.3 is 6.03 Å². The van der Waals surface area contributed by atoms with Crippen LogP contribution < -0.4 is 10.1 Å². The Labute approximate surface area is 121 Å². The SMILES string of the molecule is COc1ccc(NC(=O)N(C)CCC(C)O)cc1Br. The lowest BCUT2D eigenvalue weighted by molar-refractivity contribution is 0.167. The van der Waals surface area contributed by atoms with Gasteiger partial charge in [0.15, 0.2) is 0 Å². The zero-order chi connectivity index (χ0) is 14.4. The first-order valence-corrected chi connectivity index (χ1v) is 6.77. The molecule has 0 aliphatic heterocycles. The van der Waals surface area contributed by atoms with Crippen molar-refractivity contribution in [2.24, 2.45) is 0 Å². The Kier molecular flexibility index (Phi) is 6.11. The highest BCUT2D eigenvalue weighted by Gasteiger charge is 2.10. The first kappa shape index (κ1) is 15.8. The summed E-state index contributed by atoms with van der Waals surface area (Å²) in [6, 6.07) is 5.11. The van der Waals surface area contributed by atoms with Gasteiger partial charge in [-0.15, -0.1) is 0 Å². The summed E-state index contributed by atoms with van der Waals surface area (Å²) in [6.45, 7) is 2.20. The summed E-state index contributed by atoms with van der Waals surface area (Å²) in [5.41, 5.74) is 0.682. The molecule has 106 valence electrons. The second-order valence-corrected chi connectivity index (χ2v) is 5.19. The molecular formula is C13H19BrN2O3. The molecule has 2 N–H and O–H groups in total. The fourth-order valence-corrected chi connectivity index (χ4v) is 1.99. The summed E-state index contributed by atoms with van der Waals surface area (Å²) < 4.78 is 5.90. The number of hydrogen-bond acceptors (Lipinski definition) is 3. The third-order valence-corrected chi connectivity index (χ3v) is 3.25. The Balaban J connectivity index is 2.59. The smallest absolute Gasteiger partial charge is 0.321 e. The zero-order valence-electron chi connectivity index (χ0n) is 11.3. The normalized spacial score (nSPS) is 11.8. The van der Waals surface area contributed by atoms with Gasteiger partial charge in [0.2, 0.25) is 0 Å². The monoisotopic (exact) mass is 330 g/mol. The van der Waals surface area contributed by atoms with Gasteiger partial charge in [0.1, 0.15) is 5.75 Å². The van der Waals surface area contributed by atoms with Crippen LogP contribution in [0, 0.1) is 0 Å². The number of carbonyl (C=O) groups is 1. The Morgan fingerprint density at radius 3 is 2.79 bits per heavy atom. The van der Waals surface area contributed by atoms with E-state index in [2.05, 4.69) is 21.2 Å². The number of aliphatic hydroxyl groups excluding tert-OH is 1. The number of anilines is 1. The molecule has 1 rings (SSSR count). The van der Waals surface area contributed by atoms with Gasteiger partial charge in [-0.3, -0.25) is 0 Å². The van der Waals surface area contributed by atoms with E-state index in [0.29, 0.717) is 24.4 Å². The van der Waals surface area contributed by atoms with Gasteiger partial charge in [-0.2, -0.15) is 0 Å². The van der Waals surface area contributed by atoms with Crippen molar-refractivity contribution in [3.05, 3.63) is 22.7 Å². The molecule has 0 saturated carbocycles. The van der Waals surface area contributed by atoms with E-state index in [1.54, 1.807) is 39.3 Å². The molecule has 0 heterocycles. The lowest BCUT2D eigenvalue weighted by Gasteiger charge is -2.19. The molecule has 19 heavy (non-hydrogen) atoms. The van der Waals surface area contributed by atoms with E-state index in [9.17, 15) is 9.90 Å². The quantitative estimate of drug-likeness (QED) is 0.872. The number of benzene rings is 1. The van der Waals surface area contributed by atoms with Crippen molar-refractivity contribution in [3.63, 3.8) is 0 Å². The first-order chi connectivity index (χ1) is 8.93. The minimum absolute atomic E-state index is 0.210. The van der Waals surface area contributed by atoms with Crippen LogP contribution in [0.3, 0.4) is 0 Å². The standard InChI is InChI=1S/C13H19BrN2O3/c1-9(17)6-7-16(2)13(18)15-10-4-5-12(19-3)11(14)8-10/h4-5,8-9,17H,6-7H2,1-3H3,(H,15,18). The average molecular weight is 331 g/mol. The van der Waals surface area contributed by atoms with E-state index >= 15 is 0 Å². The Morgan fingerprint density at radius 2 is 2.26 bits per heavy atom. The minimum atomic E-state index is -0.412. The Bertz CT molecular complexity index is 438. The van der Waals surface area contributed by atoms with Crippen molar-refractivity contribution in [1.29, 1.82) is 0 Å². The Morgan fingerprint density at radius 1 is 1.58 bits per heavy atom. The van der Waals surface area contributed by atoms with Gasteiger partial charge in [-0.1, -0.05) is 0 Å². The first-order valence-electron chi connectivity index (χ1n) is 5.97. The van der Waals surface area contributed by atoms with Crippen molar-refractivity contribution in [2.45, 2.75) is 19.4 Å². The van der Waals surface area contributed by atoms with E-state index in [4.69, 9.17) is 4.74 Å². The average Bonchev–Trinajstić information content (AvgIpc) is 2.36. The topological polar surface area (TPSA) is 61.8 Å². The fourth-order valence-electron chi connectivity index (χ4n) is 1.45. The molecule has 5 nitrogen and oxygen atoms in total. The number of nitrogens with one attached hydrogen (secondary N) is 1. The summed E-state index contributed by atoms with van der Waals surface area (Å²) in [5.74, 6) is 0.709. The lowest BCUT2D eigenvalue weighted by atomic mass is 10.3. The molecule has 6 heteroatoms. The number of halogens is 1. The van der Waals surface area contributed by atoms with Crippen molar-refractivity contribution in [1.82, 2.24) is 4.90 Å². The highest BCUT2D eigenvalue weighted by Crippen LogP contribution is 2.27. The zero-order valence-corrected chi connectivity index (χ0v) is 12.9. The fraction of sp³-hybridized carbons (Fsp3) is 0.462. The molecule has 0 saturated heterocycles. The molecule has 2 amide bonds. The van der Waals surface area contributed by atoms with Crippen LogP contribution in [0.15, 0.2) is 22.7 Å². The van der Waals surface area contributed by atoms with E-state index in [1.807, 2.05) is 0 Å². The van der Waals surface area contributed by atoms with Crippen molar-refractivity contribution >= 4 is 27.6 Å². The summed E-state index contributed by atoms with van der Waals surface area (Å²) in [7, 11) is 3.28. The summed E-state index contributed by atoms with van der Waals surface area (Å²) in [5, 5.41) is 12.0. The summed E-state index contributed by atoms with van der Waals surface area (Å²) in [4.78, 5) is 13.4. The van der Waals surface area contributed by atoms with Crippen LogP contribution in [0.25, 0.3) is 0 Å². The predicted molar refractivity (Wildman–Crippen MR) is 78.6 cm³/mol. The van der Waals surface area contributed by atoms with Gasteiger partial charge in [0.25, 0.3) is 0 Å². The number of nitrogens with zero attached hydrogens (tertiary/aromatic N) is 1. The molecule has 1 unspecified atom stereocenters. The number of rotatable bonds is 5. The van der Waals surface area contributed by atoms with Crippen LogP contribution in [0.5, 0.6) is 5.75 Å². The molecular weight excluding hydrogens is 312 g/mol. The van der Waals surface area contributed by atoms with Gasteiger partial charge in [0.05, 0.1) is 17.7 Å². The predicted octanol–water partition coefficient (Wildman–Crippen LogP) is 2.69. The molecule has 0 spiro atoms. The highest BCUT2D eigenvalue weighted by atomic mass is 79.9. The molecule has 0 fully saturated rings. The highest BCUT2D eigenvalue weighted by molar-refractivity contribution is 9.10. The van der Waals surface area contributed by atoms with Crippen molar-refractivity contribution in [2.75, 3.05) is 26.0 Å². The second-order valence-electron chi connectivity index (χ2n) is 4.34. The van der Waals surface area contributed by atoms with Crippen molar-refractivity contribution < 1.29 is 14.6 Å². The maximum atomic E-state index is 11.9. The van der Waals surface area contributed by atoms with Crippen LogP contribution in [-0.4, -0.2) is 42.8 Å². The number of ether oxygens (including phenoxy) is 1. The van der Waals surface area contributed by atoms with Crippen LogP contribution in [-0.2, 0) is 0 Å². The van der Waals surface area contributed by atoms with Gasteiger partial charge in [0, 0.05) is 19.3 Å². The number of aliphatic hydroxyl groups is 1. The number of amides is 2. The number of urea groups is 1. The number of hydrogen-bond donors (Lipinski definition) is 2. The number of methoxy groups -OCH3 is 1. The molecule has 1 aromatic rings. The van der Waals surface area contributed by atoms with Crippen LogP contribution in [0.1, 0.15) is 13.3 Å². The van der Waals surface area contributed by atoms with Gasteiger partial charge in [-0.05, 0) is 47.5 Å². The summed E-state index contributed by atoms with van der Waals surface area (Å²) >= 11 is 3.36. The molecule has 0 radical (unpaired) electrons. The summed E-state index contributed by atoms with van der Waals surface area (Å²) in [6.07, 6.45) is 0.140. The third kappa shape index (κ3) is 5.08. The maximum Gasteiger partial charge on any atom is 0.321 e. The molecule has 1 aromatic carbocycles. The molecule has 0 aliphatic rings. The van der Waals surface area contributed by atoms with Crippen LogP contribution >= 0.6 is 15.9 Å². The third-order valence-electron chi connectivity index (χ3n) is 2.63. The maximum absolute atomic E-state index is 11.9. The largest absolute Gasteiger partial charge is 0.496 e. The van der Waals surface area contributed by atoms with E-state index in [-0.39, 0.29) is 6.03 Å².